The molecule has 0 saturated carbocycles. The minimum Gasteiger partial charge on any atom is -0.384 e. The van der Waals surface area contributed by atoms with E-state index in [1.54, 1.807) is 0 Å². The molecule has 3 nitrogen and oxygen atoms in total. The van der Waals surface area contributed by atoms with Crippen molar-refractivity contribution in [1.29, 1.82) is 0 Å². The van der Waals surface area contributed by atoms with Gasteiger partial charge in [0.05, 0.1) is 11.4 Å². The third-order valence-corrected chi connectivity index (χ3v) is 2.94. The van der Waals surface area contributed by atoms with Crippen molar-refractivity contribution >= 4 is 5.82 Å². The summed E-state index contributed by atoms with van der Waals surface area (Å²) in [5, 5.41) is 4.53. The van der Waals surface area contributed by atoms with Gasteiger partial charge in [-0.2, -0.15) is 5.10 Å². The highest BCUT2D eigenvalue weighted by Crippen LogP contribution is 2.24. The highest BCUT2D eigenvalue weighted by Gasteiger charge is 2.11. The van der Waals surface area contributed by atoms with Gasteiger partial charge in [-0.3, -0.25) is 0 Å². The predicted molar refractivity (Wildman–Crippen MR) is 71.4 cm³/mol. The molecule has 0 fully saturated rings. The van der Waals surface area contributed by atoms with Crippen molar-refractivity contribution < 1.29 is 0 Å². The van der Waals surface area contributed by atoms with Crippen LogP contribution in [0.2, 0.25) is 0 Å². The topological polar surface area (TPSA) is 43.8 Å². The maximum atomic E-state index is 6.02. The molecule has 0 spiro atoms. The number of hydrogen-bond acceptors (Lipinski definition) is 2. The van der Waals surface area contributed by atoms with E-state index in [0.29, 0.717) is 11.7 Å². The van der Waals surface area contributed by atoms with E-state index in [0.717, 1.165) is 17.8 Å². The normalized spacial score (nSPS) is 11.1. The Morgan fingerprint density at radius 1 is 1.29 bits per heavy atom. The van der Waals surface area contributed by atoms with Gasteiger partial charge in [-0.05, 0) is 24.0 Å². The number of aryl methyl sites for hydroxylation is 1. The fourth-order valence-corrected chi connectivity index (χ4v) is 1.98. The summed E-state index contributed by atoms with van der Waals surface area (Å²) in [6.07, 6.45) is 0.904. The molecule has 0 atom stereocenters. The zero-order valence-electron chi connectivity index (χ0n) is 10.6. The highest BCUT2D eigenvalue weighted by atomic mass is 15.3. The number of benzene rings is 1. The smallest absolute Gasteiger partial charge is 0.127 e. The van der Waals surface area contributed by atoms with Gasteiger partial charge < -0.3 is 5.73 Å². The molecule has 0 aliphatic heterocycles. The van der Waals surface area contributed by atoms with E-state index in [1.807, 2.05) is 16.8 Å². The van der Waals surface area contributed by atoms with Crippen molar-refractivity contribution in [3.8, 4) is 5.69 Å². The summed E-state index contributed by atoms with van der Waals surface area (Å²) >= 11 is 0. The molecule has 2 aromatic rings. The van der Waals surface area contributed by atoms with Gasteiger partial charge >= 0.3 is 0 Å². The van der Waals surface area contributed by atoms with Gasteiger partial charge in [0.2, 0.25) is 0 Å². The molecule has 3 heteroatoms. The maximum Gasteiger partial charge on any atom is 0.127 e. The van der Waals surface area contributed by atoms with Crippen molar-refractivity contribution in [3.63, 3.8) is 0 Å². The van der Waals surface area contributed by atoms with Crippen LogP contribution in [0.5, 0.6) is 0 Å². The molecular formula is C14H19N3. The minimum atomic E-state index is 0.458. The molecule has 2 rings (SSSR count). The van der Waals surface area contributed by atoms with E-state index < -0.39 is 0 Å². The molecule has 0 aliphatic carbocycles. The van der Waals surface area contributed by atoms with Crippen molar-refractivity contribution in [1.82, 2.24) is 9.78 Å². The zero-order chi connectivity index (χ0) is 12.4. The highest BCUT2D eigenvalue weighted by molar-refractivity contribution is 5.48. The van der Waals surface area contributed by atoms with Gasteiger partial charge in [0, 0.05) is 6.07 Å². The molecule has 17 heavy (non-hydrogen) atoms. The number of nitrogens with zero attached hydrogens (tertiary/aromatic N) is 2. The lowest BCUT2D eigenvalue weighted by Crippen LogP contribution is -2.06. The lowest BCUT2D eigenvalue weighted by atomic mass is 10.0. The van der Waals surface area contributed by atoms with E-state index in [1.165, 1.54) is 5.56 Å². The van der Waals surface area contributed by atoms with Crippen LogP contribution >= 0.6 is 0 Å². The summed E-state index contributed by atoms with van der Waals surface area (Å²) in [5.74, 6) is 1.16. The lowest BCUT2D eigenvalue weighted by Gasteiger charge is -2.13. The number of hydrogen-bond donors (Lipinski definition) is 1. The van der Waals surface area contributed by atoms with Crippen LogP contribution in [0.3, 0.4) is 0 Å². The second-order valence-electron chi connectivity index (χ2n) is 4.54. The Morgan fingerprint density at radius 2 is 2.00 bits per heavy atom. The molecule has 0 unspecified atom stereocenters. The third kappa shape index (κ3) is 2.18. The van der Waals surface area contributed by atoms with Gasteiger partial charge in [0.15, 0.2) is 0 Å². The molecule has 2 N–H and O–H groups in total. The Kier molecular flexibility index (Phi) is 3.18. The largest absolute Gasteiger partial charge is 0.384 e. The quantitative estimate of drug-likeness (QED) is 0.878. The summed E-state index contributed by atoms with van der Waals surface area (Å²) in [6, 6.07) is 10.2. The van der Waals surface area contributed by atoms with Gasteiger partial charge in [0.1, 0.15) is 5.82 Å². The summed E-state index contributed by atoms with van der Waals surface area (Å²) in [5.41, 5.74) is 9.40. The molecular weight excluding hydrogens is 210 g/mol. The average molecular weight is 229 g/mol. The van der Waals surface area contributed by atoms with E-state index >= 15 is 0 Å². The van der Waals surface area contributed by atoms with Crippen LogP contribution in [0, 0.1) is 0 Å². The molecule has 1 aromatic heterocycles. The average Bonchev–Trinajstić information content (AvgIpc) is 2.70. The second kappa shape index (κ2) is 4.62. The van der Waals surface area contributed by atoms with Crippen LogP contribution in [0.1, 0.15) is 37.9 Å². The van der Waals surface area contributed by atoms with Crippen molar-refractivity contribution in [2.45, 2.75) is 33.1 Å². The number of para-hydroxylation sites is 1. The molecule has 1 heterocycles. The number of rotatable bonds is 3. The monoisotopic (exact) mass is 229 g/mol. The molecule has 0 aliphatic rings. The second-order valence-corrected chi connectivity index (χ2v) is 4.54. The van der Waals surface area contributed by atoms with Gasteiger partial charge in [-0.25, -0.2) is 4.68 Å². The first-order chi connectivity index (χ1) is 8.13. The van der Waals surface area contributed by atoms with E-state index in [9.17, 15) is 0 Å². The Morgan fingerprint density at radius 3 is 2.59 bits per heavy atom. The van der Waals surface area contributed by atoms with E-state index in [2.05, 4.69) is 44.1 Å². The first-order valence-corrected chi connectivity index (χ1v) is 6.07. The van der Waals surface area contributed by atoms with Gasteiger partial charge in [0.25, 0.3) is 0 Å². The molecule has 90 valence electrons. The Balaban J connectivity index is 2.55. The van der Waals surface area contributed by atoms with Crippen LogP contribution in [-0.4, -0.2) is 9.78 Å². The van der Waals surface area contributed by atoms with E-state index in [-0.39, 0.29) is 0 Å². The Labute approximate surface area is 102 Å². The summed E-state index contributed by atoms with van der Waals surface area (Å²) in [4.78, 5) is 0. The summed E-state index contributed by atoms with van der Waals surface area (Å²) in [6.45, 7) is 6.44. The van der Waals surface area contributed by atoms with Crippen LogP contribution in [0.4, 0.5) is 5.82 Å². The lowest BCUT2D eigenvalue weighted by molar-refractivity contribution is 0.799. The summed E-state index contributed by atoms with van der Waals surface area (Å²) in [7, 11) is 0. The third-order valence-electron chi connectivity index (χ3n) is 2.94. The van der Waals surface area contributed by atoms with Crippen molar-refractivity contribution in [2.24, 2.45) is 0 Å². The minimum absolute atomic E-state index is 0.458. The van der Waals surface area contributed by atoms with Crippen molar-refractivity contribution in [2.75, 3.05) is 5.73 Å². The fourth-order valence-electron chi connectivity index (χ4n) is 1.98. The summed E-state index contributed by atoms with van der Waals surface area (Å²) < 4.78 is 1.84. The van der Waals surface area contributed by atoms with Crippen LogP contribution in [0.15, 0.2) is 30.3 Å². The molecule has 0 saturated heterocycles. The van der Waals surface area contributed by atoms with Gasteiger partial charge in [-0.15, -0.1) is 0 Å². The number of nitrogen functional groups attached to an aromatic ring is 1. The number of anilines is 1. The van der Waals surface area contributed by atoms with Crippen LogP contribution < -0.4 is 5.73 Å². The molecule has 0 amide bonds. The molecule has 0 bridgehead atoms. The van der Waals surface area contributed by atoms with Crippen molar-refractivity contribution in [3.05, 3.63) is 41.6 Å². The first kappa shape index (κ1) is 11.7. The zero-order valence-corrected chi connectivity index (χ0v) is 10.6. The predicted octanol–water partition coefficient (Wildman–Crippen LogP) is 3.14. The first-order valence-electron chi connectivity index (χ1n) is 6.07. The fraction of sp³-hybridized carbons (Fsp3) is 0.357. The number of aromatic nitrogens is 2. The molecule has 1 aromatic carbocycles. The van der Waals surface area contributed by atoms with E-state index in [4.69, 9.17) is 5.73 Å². The van der Waals surface area contributed by atoms with Crippen LogP contribution in [-0.2, 0) is 6.42 Å². The standard InChI is InChI=1S/C14H19N3/c1-4-11-9-14(15)17(16-11)13-8-6-5-7-12(13)10(2)3/h5-10H,4,15H2,1-3H3. The van der Waals surface area contributed by atoms with Gasteiger partial charge in [-0.1, -0.05) is 39.0 Å². The Hall–Kier alpha value is -1.77. The SMILES string of the molecule is CCc1cc(N)n(-c2ccccc2C(C)C)n1. The Bertz CT molecular complexity index is 512. The molecule has 0 radical (unpaired) electrons. The maximum absolute atomic E-state index is 6.02. The number of nitrogens with two attached hydrogens (primary N) is 1. The van der Waals surface area contributed by atoms with Crippen LogP contribution in [0.25, 0.3) is 5.69 Å².